The highest BCUT2D eigenvalue weighted by molar-refractivity contribution is 6.29. The molecule has 18 heavy (non-hydrogen) atoms. The minimum absolute atomic E-state index is 0.0627. The van der Waals surface area contributed by atoms with E-state index >= 15 is 0 Å². The first-order valence-corrected chi connectivity index (χ1v) is 6.57. The number of nitrogens with one attached hydrogen (secondary N) is 1. The molecule has 4 nitrogen and oxygen atoms in total. The zero-order valence-corrected chi connectivity index (χ0v) is 12.1. The van der Waals surface area contributed by atoms with E-state index in [1.165, 1.54) is 0 Å². The van der Waals surface area contributed by atoms with Gasteiger partial charge in [-0.3, -0.25) is 0 Å². The van der Waals surface area contributed by atoms with Gasteiger partial charge in [-0.25, -0.2) is 9.97 Å². The van der Waals surface area contributed by atoms with Crippen LogP contribution in [0.4, 0.5) is 5.82 Å². The fourth-order valence-electron chi connectivity index (χ4n) is 1.89. The van der Waals surface area contributed by atoms with E-state index in [-0.39, 0.29) is 11.0 Å². The third-order valence-corrected chi connectivity index (χ3v) is 3.21. The summed E-state index contributed by atoms with van der Waals surface area (Å²) in [5, 5.41) is 3.88. The van der Waals surface area contributed by atoms with E-state index < -0.39 is 0 Å². The van der Waals surface area contributed by atoms with Crippen LogP contribution in [0.5, 0.6) is 0 Å². The molecule has 0 spiro atoms. The van der Waals surface area contributed by atoms with E-state index in [1.807, 2.05) is 0 Å². The zero-order chi connectivity index (χ0) is 13.4. The lowest BCUT2D eigenvalue weighted by Crippen LogP contribution is -2.35. The molecule has 0 aliphatic carbocycles. The van der Waals surface area contributed by atoms with Crippen LogP contribution >= 0.6 is 11.6 Å². The van der Waals surface area contributed by atoms with E-state index in [1.54, 1.807) is 6.07 Å². The second-order valence-electron chi connectivity index (χ2n) is 6.14. The molecule has 5 heteroatoms. The second-order valence-corrected chi connectivity index (χ2v) is 6.53. The van der Waals surface area contributed by atoms with Crippen LogP contribution in [0.25, 0.3) is 0 Å². The van der Waals surface area contributed by atoms with Gasteiger partial charge in [-0.15, -0.1) is 0 Å². The molecular formula is C13H20ClN3O. The summed E-state index contributed by atoms with van der Waals surface area (Å²) in [4.78, 5) is 8.84. The van der Waals surface area contributed by atoms with Crippen molar-refractivity contribution in [2.24, 2.45) is 0 Å². The summed E-state index contributed by atoms with van der Waals surface area (Å²) < 4.78 is 5.42. The third-order valence-electron chi connectivity index (χ3n) is 3.01. The maximum Gasteiger partial charge on any atom is 0.137 e. The highest BCUT2D eigenvalue weighted by atomic mass is 35.5. The van der Waals surface area contributed by atoms with E-state index in [4.69, 9.17) is 16.3 Å². The summed E-state index contributed by atoms with van der Waals surface area (Å²) in [6, 6.07) is 1.76. The number of anilines is 1. The Kier molecular flexibility index (Phi) is 3.52. The Morgan fingerprint density at radius 1 is 1.39 bits per heavy atom. The number of hydrogen-bond donors (Lipinski definition) is 1. The maximum atomic E-state index is 6.06. The molecule has 0 aromatic carbocycles. The largest absolute Gasteiger partial charge is 0.379 e. The van der Waals surface area contributed by atoms with Crippen LogP contribution in [0.3, 0.4) is 0 Å². The number of rotatable bonds is 2. The summed E-state index contributed by atoms with van der Waals surface area (Å²) >= 11 is 6.06. The number of hydrogen-bond acceptors (Lipinski definition) is 4. The SMILES string of the molecule is CC1(Nc2cc(Cl)nc(C(C)(C)C)n2)CCOC1. The molecule has 0 radical (unpaired) electrons. The van der Waals surface area contributed by atoms with Crippen molar-refractivity contribution in [1.82, 2.24) is 9.97 Å². The number of aromatic nitrogens is 2. The maximum absolute atomic E-state index is 6.06. The first-order chi connectivity index (χ1) is 8.28. The number of halogens is 1. The van der Waals surface area contributed by atoms with Crippen LogP contribution in [0.1, 0.15) is 39.9 Å². The fourth-order valence-corrected chi connectivity index (χ4v) is 2.08. The molecule has 100 valence electrons. The molecule has 1 aromatic heterocycles. The molecule has 0 saturated carbocycles. The Hall–Kier alpha value is -0.870. The molecule has 2 heterocycles. The smallest absolute Gasteiger partial charge is 0.137 e. The number of ether oxygens (including phenoxy) is 1. The molecule has 0 amide bonds. The third kappa shape index (κ3) is 3.12. The molecule has 1 saturated heterocycles. The van der Waals surface area contributed by atoms with Crippen molar-refractivity contribution < 1.29 is 4.74 Å². The lowest BCUT2D eigenvalue weighted by molar-refractivity contribution is 0.185. The van der Waals surface area contributed by atoms with Crippen LogP contribution in [0.15, 0.2) is 6.07 Å². The molecular weight excluding hydrogens is 250 g/mol. The molecule has 1 unspecified atom stereocenters. The molecule has 1 N–H and O–H groups in total. The van der Waals surface area contributed by atoms with Crippen LogP contribution in [-0.4, -0.2) is 28.7 Å². The van der Waals surface area contributed by atoms with Crippen molar-refractivity contribution in [3.05, 3.63) is 17.0 Å². The Morgan fingerprint density at radius 2 is 2.11 bits per heavy atom. The van der Waals surface area contributed by atoms with Crippen molar-refractivity contribution in [2.45, 2.75) is 45.1 Å². The first-order valence-electron chi connectivity index (χ1n) is 6.20. The predicted octanol–water partition coefficient (Wildman–Crippen LogP) is 3.02. The molecule has 1 fully saturated rings. The summed E-state index contributed by atoms with van der Waals surface area (Å²) in [5.74, 6) is 1.52. The quantitative estimate of drug-likeness (QED) is 0.839. The summed E-state index contributed by atoms with van der Waals surface area (Å²) in [7, 11) is 0. The highest BCUT2D eigenvalue weighted by Gasteiger charge is 2.30. The Labute approximate surface area is 113 Å². The van der Waals surface area contributed by atoms with Gasteiger partial charge in [0.1, 0.15) is 16.8 Å². The Bertz CT molecular complexity index is 436. The molecule has 0 bridgehead atoms. The van der Waals surface area contributed by atoms with Gasteiger partial charge < -0.3 is 10.1 Å². The lowest BCUT2D eigenvalue weighted by Gasteiger charge is -2.25. The van der Waals surface area contributed by atoms with Gasteiger partial charge in [-0.1, -0.05) is 32.4 Å². The minimum atomic E-state index is -0.117. The summed E-state index contributed by atoms with van der Waals surface area (Å²) in [6.45, 7) is 9.83. The van der Waals surface area contributed by atoms with E-state index in [0.29, 0.717) is 11.8 Å². The summed E-state index contributed by atoms with van der Waals surface area (Å²) in [5.41, 5.74) is -0.179. The zero-order valence-electron chi connectivity index (χ0n) is 11.4. The van der Waals surface area contributed by atoms with Gasteiger partial charge in [0, 0.05) is 18.1 Å². The average Bonchev–Trinajstić information content (AvgIpc) is 2.62. The van der Waals surface area contributed by atoms with Gasteiger partial charge in [-0.2, -0.15) is 0 Å². The van der Waals surface area contributed by atoms with Crippen LogP contribution < -0.4 is 5.32 Å². The van der Waals surface area contributed by atoms with Crippen LogP contribution in [0.2, 0.25) is 5.15 Å². The molecule has 1 atom stereocenters. The van der Waals surface area contributed by atoms with Crippen molar-refractivity contribution in [1.29, 1.82) is 0 Å². The highest BCUT2D eigenvalue weighted by Crippen LogP contribution is 2.26. The molecule has 1 aliphatic rings. The van der Waals surface area contributed by atoms with Crippen molar-refractivity contribution >= 4 is 17.4 Å². The van der Waals surface area contributed by atoms with E-state index in [0.717, 1.165) is 24.7 Å². The van der Waals surface area contributed by atoms with Gasteiger partial charge in [0.15, 0.2) is 0 Å². The minimum Gasteiger partial charge on any atom is -0.379 e. The van der Waals surface area contributed by atoms with Crippen LogP contribution in [0, 0.1) is 0 Å². The Balaban J connectivity index is 2.25. The topological polar surface area (TPSA) is 47.0 Å². The van der Waals surface area contributed by atoms with Gasteiger partial charge in [0.2, 0.25) is 0 Å². The number of nitrogens with zero attached hydrogens (tertiary/aromatic N) is 2. The first kappa shape index (κ1) is 13.6. The predicted molar refractivity (Wildman–Crippen MR) is 73.2 cm³/mol. The van der Waals surface area contributed by atoms with E-state index in [2.05, 4.69) is 43.0 Å². The molecule has 2 rings (SSSR count). The van der Waals surface area contributed by atoms with Gasteiger partial charge in [-0.05, 0) is 13.3 Å². The lowest BCUT2D eigenvalue weighted by atomic mass is 9.95. The van der Waals surface area contributed by atoms with Gasteiger partial charge >= 0.3 is 0 Å². The van der Waals surface area contributed by atoms with Gasteiger partial charge in [0.25, 0.3) is 0 Å². The average molecular weight is 270 g/mol. The van der Waals surface area contributed by atoms with E-state index in [9.17, 15) is 0 Å². The Morgan fingerprint density at radius 3 is 2.67 bits per heavy atom. The van der Waals surface area contributed by atoms with Crippen LogP contribution in [-0.2, 0) is 10.2 Å². The standard InChI is InChI=1S/C13H20ClN3O/c1-12(2,3)11-15-9(14)7-10(16-11)17-13(4)5-6-18-8-13/h7H,5-6,8H2,1-4H3,(H,15,16,17). The second kappa shape index (κ2) is 4.67. The monoisotopic (exact) mass is 269 g/mol. The molecule has 1 aliphatic heterocycles. The normalized spacial score (nSPS) is 24.3. The molecule has 1 aromatic rings. The fraction of sp³-hybridized carbons (Fsp3) is 0.692. The van der Waals surface area contributed by atoms with Crippen molar-refractivity contribution in [3.8, 4) is 0 Å². The van der Waals surface area contributed by atoms with Crippen molar-refractivity contribution in [2.75, 3.05) is 18.5 Å². The van der Waals surface area contributed by atoms with Crippen molar-refractivity contribution in [3.63, 3.8) is 0 Å². The summed E-state index contributed by atoms with van der Waals surface area (Å²) in [6.07, 6.45) is 0.972. The van der Waals surface area contributed by atoms with Gasteiger partial charge in [0.05, 0.1) is 12.1 Å².